The van der Waals surface area contributed by atoms with Crippen molar-refractivity contribution >= 4 is 11.8 Å². The van der Waals surface area contributed by atoms with E-state index >= 15 is 0 Å². The molecule has 1 N–H and O–H groups in total. The van der Waals surface area contributed by atoms with E-state index in [1.165, 1.54) is 17.3 Å². The Labute approximate surface area is 153 Å². The highest BCUT2D eigenvalue weighted by Crippen LogP contribution is 2.38. The molecule has 1 aromatic heterocycles. The van der Waals surface area contributed by atoms with Gasteiger partial charge in [0, 0.05) is 5.25 Å². The van der Waals surface area contributed by atoms with Gasteiger partial charge in [0.1, 0.15) is 0 Å². The average molecular weight is 362 g/mol. The van der Waals surface area contributed by atoms with Crippen LogP contribution in [-0.4, -0.2) is 41.2 Å². The van der Waals surface area contributed by atoms with Crippen molar-refractivity contribution in [3.05, 3.63) is 42.0 Å². The van der Waals surface area contributed by atoms with E-state index in [1.54, 1.807) is 20.3 Å². The molecule has 0 saturated heterocycles. The summed E-state index contributed by atoms with van der Waals surface area (Å²) in [5.41, 5.74) is 1.21. The van der Waals surface area contributed by atoms with Crippen molar-refractivity contribution in [3.8, 4) is 11.8 Å². The molecule has 1 heterocycles. The molecular weight excluding hydrogens is 336 g/mol. The van der Waals surface area contributed by atoms with Crippen LogP contribution >= 0.6 is 11.8 Å². The van der Waals surface area contributed by atoms with Gasteiger partial charge in [-0.1, -0.05) is 55.9 Å². The molecule has 2 aromatic rings. The van der Waals surface area contributed by atoms with Gasteiger partial charge < -0.3 is 14.6 Å². The summed E-state index contributed by atoms with van der Waals surface area (Å²) >= 11 is 1.46. The van der Waals surface area contributed by atoms with Crippen LogP contribution in [-0.2, 0) is 6.42 Å². The lowest BCUT2D eigenvalue weighted by atomic mass is 9.83. The van der Waals surface area contributed by atoms with Crippen LogP contribution in [0.1, 0.15) is 25.8 Å². The molecule has 1 atom stereocenters. The molecule has 1 unspecified atom stereocenters. The summed E-state index contributed by atoms with van der Waals surface area (Å²) in [5, 5.41) is 10.4. The highest BCUT2D eigenvalue weighted by Gasteiger charge is 2.31. The van der Waals surface area contributed by atoms with Crippen LogP contribution in [0, 0.1) is 5.41 Å². The van der Waals surface area contributed by atoms with Crippen molar-refractivity contribution in [2.75, 3.05) is 20.8 Å². The lowest BCUT2D eigenvalue weighted by Crippen LogP contribution is -2.30. The van der Waals surface area contributed by atoms with Crippen molar-refractivity contribution in [2.45, 2.75) is 37.1 Å². The second kappa shape index (κ2) is 9.06. The van der Waals surface area contributed by atoms with Crippen molar-refractivity contribution in [2.24, 2.45) is 5.41 Å². The van der Waals surface area contributed by atoms with E-state index in [4.69, 9.17) is 9.47 Å². The average Bonchev–Trinajstić information content (AvgIpc) is 2.64. The van der Waals surface area contributed by atoms with E-state index in [9.17, 15) is 5.11 Å². The van der Waals surface area contributed by atoms with Gasteiger partial charge in [0.15, 0.2) is 5.16 Å². The van der Waals surface area contributed by atoms with E-state index in [0.29, 0.717) is 16.9 Å². The molecule has 0 aliphatic rings. The van der Waals surface area contributed by atoms with E-state index < -0.39 is 0 Å². The monoisotopic (exact) mass is 362 g/mol. The first kappa shape index (κ1) is 19.5. The zero-order valence-corrected chi connectivity index (χ0v) is 16.0. The van der Waals surface area contributed by atoms with Crippen molar-refractivity contribution in [1.82, 2.24) is 9.97 Å². The van der Waals surface area contributed by atoms with Gasteiger partial charge >= 0.3 is 0 Å². The molecule has 1 aromatic carbocycles. The zero-order valence-electron chi connectivity index (χ0n) is 15.2. The van der Waals surface area contributed by atoms with Crippen LogP contribution in [0.2, 0.25) is 0 Å². The summed E-state index contributed by atoms with van der Waals surface area (Å²) in [5.74, 6) is 0.904. The fourth-order valence-corrected chi connectivity index (χ4v) is 3.54. The van der Waals surface area contributed by atoms with Gasteiger partial charge in [0.25, 0.3) is 0 Å². The number of aryl methyl sites for hydroxylation is 1. The van der Waals surface area contributed by atoms with Gasteiger partial charge in [0.2, 0.25) is 11.8 Å². The second-order valence-corrected chi connectivity index (χ2v) is 7.67. The van der Waals surface area contributed by atoms with Gasteiger partial charge in [0.05, 0.1) is 26.9 Å². The fourth-order valence-electron chi connectivity index (χ4n) is 2.49. The molecule has 6 heteroatoms. The topological polar surface area (TPSA) is 64.5 Å². The van der Waals surface area contributed by atoms with Crippen LogP contribution in [0.3, 0.4) is 0 Å². The third-order valence-electron chi connectivity index (χ3n) is 4.26. The maximum atomic E-state index is 9.93. The molecule has 0 saturated carbocycles. The highest BCUT2D eigenvalue weighted by atomic mass is 32.2. The van der Waals surface area contributed by atoms with Crippen LogP contribution in [0.5, 0.6) is 11.8 Å². The molecule has 0 spiro atoms. The number of aliphatic hydroxyl groups is 1. The maximum absolute atomic E-state index is 9.93. The Kier molecular flexibility index (Phi) is 7.08. The standard InChI is InChI=1S/C19H26N2O3S/c1-19(2,11-10-14-8-6-5-7-9-14)15(13-22)25-18-20-16(23-3)12-17(21-18)24-4/h5-9,12,15,22H,10-11,13H2,1-4H3. The number of ether oxygens (including phenoxy) is 2. The smallest absolute Gasteiger partial charge is 0.220 e. The van der Waals surface area contributed by atoms with Crippen LogP contribution in [0.15, 0.2) is 41.6 Å². The minimum atomic E-state index is -0.0884. The Morgan fingerprint density at radius 2 is 1.68 bits per heavy atom. The summed E-state index contributed by atoms with van der Waals surface area (Å²) in [6.45, 7) is 4.39. The van der Waals surface area contributed by atoms with Gasteiger partial charge in [-0.2, -0.15) is 9.97 Å². The summed E-state index contributed by atoms with van der Waals surface area (Å²) in [4.78, 5) is 8.72. The van der Waals surface area contributed by atoms with E-state index in [1.807, 2.05) is 6.07 Å². The molecule has 0 aliphatic heterocycles. The summed E-state index contributed by atoms with van der Waals surface area (Å²) < 4.78 is 10.4. The van der Waals surface area contributed by atoms with E-state index in [0.717, 1.165) is 12.8 Å². The number of thioether (sulfide) groups is 1. The van der Waals surface area contributed by atoms with Crippen LogP contribution in [0.25, 0.3) is 0 Å². The summed E-state index contributed by atoms with van der Waals surface area (Å²) in [7, 11) is 3.12. The number of aromatic nitrogens is 2. The number of hydrogen-bond donors (Lipinski definition) is 1. The second-order valence-electron chi connectivity index (χ2n) is 6.50. The minimum Gasteiger partial charge on any atom is -0.481 e. The van der Waals surface area contributed by atoms with Crippen LogP contribution in [0.4, 0.5) is 0 Å². The van der Waals surface area contributed by atoms with Crippen LogP contribution < -0.4 is 9.47 Å². The fraction of sp³-hybridized carbons (Fsp3) is 0.474. The normalized spacial score (nSPS) is 12.7. The first-order chi connectivity index (χ1) is 12.0. The number of hydrogen-bond acceptors (Lipinski definition) is 6. The Morgan fingerprint density at radius 1 is 1.08 bits per heavy atom. The number of aliphatic hydroxyl groups excluding tert-OH is 1. The highest BCUT2D eigenvalue weighted by molar-refractivity contribution is 7.99. The molecule has 25 heavy (non-hydrogen) atoms. The van der Waals surface area contributed by atoms with Gasteiger partial charge in [-0.25, -0.2) is 0 Å². The third-order valence-corrected chi connectivity index (χ3v) is 5.73. The minimum absolute atomic E-state index is 0.0342. The summed E-state index contributed by atoms with van der Waals surface area (Å²) in [6.07, 6.45) is 1.92. The number of nitrogens with zero attached hydrogens (tertiary/aromatic N) is 2. The van der Waals surface area contributed by atoms with E-state index in [-0.39, 0.29) is 17.3 Å². The molecule has 0 amide bonds. The molecule has 5 nitrogen and oxygen atoms in total. The molecule has 0 aliphatic carbocycles. The van der Waals surface area contributed by atoms with Crippen molar-refractivity contribution in [3.63, 3.8) is 0 Å². The molecule has 2 rings (SSSR count). The molecule has 0 bridgehead atoms. The predicted molar refractivity (Wildman–Crippen MR) is 100 cm³/mol. The lowest BCUT2D eigenvalue weighted by molar-refractivity contribution is 0.212. The predicted octanol–water partition coefficient (Wildman–Crippen LogP) is 3.61. The number of benzene rings is 1. The Bertz CT molecular complexity index is 643. The Hall–Kier alpha value is -1.79. The Balaban J connectivity index is 2.09. The molecule has 0 fully saturated rings. The SMILES string of the molecule is COc1cc(OC)nc(SC(CO)C(C)(C)CCc2ccccc2)n1. The van der Waals surface area contributed by atoms with Gasteiger partial charge in [-0.3, -0.25) is 0 Å². The molecular formula is C19H26N2O3S. The lowest BCUT2D eigenvalue weighted by Gasteiger charge is -2.32. The van der Waals surface area contributed by atoms with E-state index in [2.05, 4.69) is 48.1 Å². The maximum Gasteiger partial charge on any atom is 0.220 e. The quantitative estimate of drug-likeness (QED) is 0.543. The number of rotatable bonds is 9. The van der Waals surface area contributed by atoms with Crippen molar-refractivity contribution in [1.29, 1.82) is 0 Å². The Morgan fingerprint density at radius 3 is 2.20 bits per heavy atom. The largest absolute Gasteiger partial charge is 0.481 e. The first-order valence-corrected chi connectivity index (χ1v) is 9.15. The zero-order chi connectivity index (χ0) is 18.3. The number of methoxy groups -OCH3 is 2. The molecule has 136 valence electrons. The van der Waals surface area contributed by atoms with Gasteiger partial charge in [-0.05, 0) is 23.8 Å². The molecule has 0 radical (unpaired) electrons. The summed E-state index contributed by atoms with van der Waals surface area (Å²) in [6, 6.07) is 12.0. The van der Waals surface area contributed by atoms with Crippen molar-refractivity contribution < 1.29 is 14.6 Å². The van der Waals surface area contributed by atoms with Gasteiger partial charge in [-0.15, -0.1) is 0 Å². The first-order valence-electron chi connectivity index (χ1n) is 8.27. The third kappa shape index (κ3) is 5.61.